The van der Waals surface area contributed by atoms with Gasteiger partial charge in [-0.2, -0.15) is 0 Å². The van der Waals surface area contributed by atoms with Gasteiger partial charge in [0.1, 0.15) is 10.8 Å². The van der Waals surface area contributed by atoms with Gasteiger partial charge in [0.15, 0.2) is 0 Å². The molecule has 0 bridgehead atoms. The molecule has 0 amide bonds. The number of aromatic nitrogens is 1. The lowest BCUT2D eigenvalue weighted by molar-refractivity contribution is 0.416. The summed E-state index contributed by atoms with van der Waals surface area (Å²) in [6, 6.07) is 5.63. The van der Waals surface area contributed by atoms with Crippen molar-refractivity contribution in [1.82, 2.24) is 4.98 Å². The molecule has 1 aromatic carbocycles. The predicted molar refractivity (Wildman–Crippen MR) is 73.1 cm³/mol. The van der Waals surface area contributed by atoms with Gasteiger partial charge < -0.3 is 4.74 Å². The van der Waals surface area contributed by atoms with Gasteiger partial charge in [0, 0.05) is 10.4 Å². The summed E-state index contributed by atoms with van der Waals surface area (Å²) in [5.41, 5.74) is 2.15. The number of aryl methyl sites for hydroxylation is 1. The van der Waals surface area contributed by atoms with Crippen LogP contribution in [0.5, 0.6) is 5.75 Å². The average Bonchev–Trinajstić information content (AvgIpc) is 2.78. The molecule has 0 radical (unpaired) electrons. The van der Waals surface area contributed by atoms with Crippen LogP contribution in [0, 0.1) is 0 Å². The first-order chi connectivity index (χ1) is 8.24. The second-order valence-corrected chi connectivity index (χ2v) is 5.03. The minimum atomic E-state index is 0.677. The maximum absolute atomic E-state index is 5.94. The monoisotopic (exact) mass is 267 g/mol. The number of ether oxygens (including phenoxy) is 1. The molecule has 0 spiro atoms. The van der Waals surface area contributed by atoms with E-state index in [2.05, 4.69) is 17.3 Å². The maximum Gasteiger partial charge on any atom is 0.130 e. The largest absolute Gasteiger partial charge is 0.496 e. The van der Waals surface area contributed by atoms with E-state index in [1.807, 2.05) is 18.2 Å². The molecule has 0 atom stereocenters. The van der Waals surface area contributed by atoms with Crippen LogP contribution < -0.4 is 4.74 Å². The standard InChI is InChI=1S/C13H14ClNOS/c1-3-4-10-8-17-13(15-10)11-6-5-9(14)7-12(11)16-2/h5-8H,3-4H2,1-2H3. The van der Waals surface area contributed by atoms with Crippen molar-refractivity contribution in [2.24, 2.45) is 0 Å². The van der Waals surface area contributed by atoms with E-state index < -0.39 is 0 Å². The van der Waals surface area contributed by atoms with Gasteiger partial charge in [-0.3, -0.25) is 0 Å². The summed E-state index contributed by atoms with van der Waals surface area (Å²) >= 11 is 7.58. The van der Waals surface area contributed by atoms with Gasteiger partial charge in [-0.05, 0) is 24.6 Å². The molecular formula is C13H14ClNOS. The third-order valence-corrected chi connectivity index (χ3v) is 3.61. The average molecular weight is 268 g/mol. The van der Waals surface area contributed by atoms with Gasteiger partial charge in [-0.15, -0.1) is 11.3 Å². The van der Waals surface area contributed by atoms with Gasteiger partial charge in [-0.1, -0.05) is 24.9 Å². The highest BCUT2D eigenvalue weighted by atomic mass is 35.5. The highest BCUT2D eigenvalue weighted by Crippen LogP contribution is 2.34. The summed E-state index contributed by atoms with van der Waals surface area (Å²) in [5.74, 6) is 0.773. The number of halogens is 1. The Labute approximate surface area is 110 Å². The van der Waals surface area contributed by atoms with Crippen molar-refractivity contribution >= 4 is 22.9 Å². The van der Waals surface area contributed by atoms with Crippen molar-refractivity contribution in [3.05, 3.63) is 34.3 Å². The predicted octanol–water partition coefficient (Wildman–Crippen LogP) is 4.42. The van der Waals surface area contributed by atoms with Crippen molar-refractivity contribution in [1.29, 1.82) is 0 Å². The number of benzene rings is 1. The van der Waals surface area contributed by atoms with Gasteiger partial charge in [-0.25, -0.2) is 4.98 Å². The first kappa shape index (κ1) is 12.4. The van der Waals surface area contributed by atoms with Crippen molar-refractivity contribution in [2.75, 3.05) is 7.11 Å². The van der Waals surface area contributed by atoms with E-state index in [9.17, 15) is 0 Å². The number of hydrogen-bond acceptors (Lipinski definition) is 3. The molecule has 0 N–H and O–H groups in total. The number of thiazole rings is 1. The van der Waals surface area contributed by atoms with Crippen LogP contribution in [0.3, 0.4) is 0 Å². The van der Waals surface area contributed by atoms with Crippen LogP contribution in [0.15, 0.2) is 23.6 Å². The number of nitrogens with zero attached hydrogens (tertiary/aromatic N) is 1. The van der Waals surface area contributed by atoms with E-state index in [4.69, 9.17) is 16.3 Å². The zero-order valence-corrected chi connectivity index (χ0v) is 11.4. The maximum atomic E-state index is 5.94. The summed E-state index contributed by atoms with van der Waals surface area (Å²) in [5, 5.41) is 3.77. The summed E-state index contributed by atoms with van der Waals surface area (Å²) < 4.78 is 5.33. The van der Waals surface area contributed by atoms with E-state index in [1.54, 1.807) is 18.4 Å². The van der Waals surface area contributed by atoms with Crippen LogP contribution in [0.25, 0.3) is 10.6 Å². The topological polar surface area (TPSA) is 22.1 Å². The Hall–Kier alpha value is -1.06. The quantitative estimate of drug-likeness (QED) is 0.818. The minimum Gasteiger partial charge on any atom is -0.496 e. The van der Waals surface area contributed by atoms with Crippen molar-refractivity contribution in [2.45, 2.75) is 19.8 Å². The molecule has 90 valence electrons. The van der Waals surface area contributed by atoms with Crippen LogP contribution in [-0.2, 0) is 6.42 Å². The Kier molecular flexibility index (Phi) is 4.02. The molecule has 2 nitrogen and oxygen atoms in total. The van der Waals surface area contributed by atoms with Gasteiger partial charge in [0.2, 0.25) is 0 Å². The van der Waals surface area contributed by atoms with Crippen LogP contribution in [-0.4, -0.2) is 12.1 Å². The van der Waals surface area contributed by atoms with Crippen molar-refractivity contribution < 1.29 is 4.74 Å². The van der Waals surface area contributed by atoms with Crippen LogP contribution in [0.2, 0.25) is 5.02 Å². The molecule has 4 heteroatoms. The molecule has 17 heavy (non-hydrogen) atoms. The van der Waals surface area contributed by atoms with Crippen LogP contribution in [0.4, 0.5) is 0 Å². The molecule has 1 heterocycles. The second kappa shape index (κ2) is 5.52. The molecule has 0 aliphatic heterocycles. The lowest BCUT2D eigenvalue weighted by atomic mass is 10.2. The van der Waals surface area contributed by atoms with Gasteiger partial charge >= 0.3 is 0 Å². The summed E-state index contributed by atoms with van der Waals surface area (Å²) in [4.78, 5) is 4.60. The van der Waals surface area contributed by atoms with E-state index in [0.29, 0.717) is 5.02 Å². The third kappa shape index (κ3) is 2.79. The van der Waals surface area contributed by atoms with E-state index in [0.717, 1.165) is 34.9 Å². The summed E-state index contributed by atoms with van der Waals surface area (Å²) in [6.45, 7) is 2.15. The molecule has 0 unspecified atom stereocenters. The highest BCUT2D eigenvalue weighted by molar-refractivity contribution is 7.13. The molecule has 0 saturated carbocycles. The summed E-state index contributed by atoms with van der Waals surface area (Å²) in [6.07, 6.45) is 2.13. The molecule has 0 aliphatic rings. The Morgan fingerprint density at radius 1 is 1.41 bits per heavy atom. The SMILES string of the molecule is CCCc1csc(-c2ccc(Cl)cc2OC)n1. The summed E-state index contributed by atoms with van der Waals surface area (Å²) in [7, 11) is 1.65. The van der Waals surface area contributed by atoms with E-state index in [-0.39, 0.29) is 0 Å². The van der Waals surface area contributed by atoms with Crippen molar-refractivity contribution in [3.63, 3.8) is 0 Å². The molecule has 2 rings (SSSR count). The molecule has 0 fully saturated rings. The Balaban J connectivity index is 2.37. The Morgan fingerprint density at radius 2 is 2.24 bits per heavy atom. The fraction of sp³-hybridized carbons (Fsp3) is 0.308. The molecule has 2 aromatic rings. The minimum absolute atomic E-state index is 0.677. The number of methoxy groups -OCH3 is 1. The number of rotatable bonds is 4. The van der Waals surface area contributed by atoms with Crippen LogP contribution in [0.1, 0.15) is 19.0 Å². The third-order valence-electron chi connectivity index (χ3n) is 2.45. The smallest absolute Gasteiger partial charge is 0.130 e. The first-order valence-electron chi connectivity index (χ1n) is 5.53. The second-order valence-electron chi connectivity index (χ2n) is 3.74. The van der Waals surface area contributed by atoms with E-state index >= 15 is 0 Å². The van der Waals surface area contributed by atoms with Crippen LogP contribution >= 0.6 is 22.9 Å². The fourth-order valence-electron chi connectivity index (χ4n) is 1.64. The highest BCUT2D eigenvalue weighted by Gasteiger charge is 2.10. The van der Waals surface area contributed by atoms with Crippen molar-refractivity contribution in [3.8, 4) is 16.3 Å². The zero-order chi connectivity index (χ0) is 12.3. The number of hydrogen-bond donors (Lipinski definition) is 0. The molecular weight excluding hydrogens is 254 g/mol. The lowest BCUT2D eigenvalue weighted by Gasteiger charge is -2.05. The fourth-order valence-corrected chi connectivity index (χ4v) is 2.69. The Morgan fingerprint density at radius 3 is 2.94 bits per heavy atom. The molecule has 0 aliphatic carbocycles. The molecule has 0 saturated heterocycles. The lowest BCUT2D eigenvalue weighted by Crippen LogP contribution is -1.88. The van der Waals surface area contributed by atoms with Gasteiger partial charge in [0.25, 0.3) is 0 Å². The normalized spacial score (nSPS) is 10.5. The first-order valence-corrected chi connectivity index (χ1v) is 6.78. The molecule has 1 aromatic heterocycles. The zero-order valence-electron chi connectivity index (χ0n) is 9.87. The van der Waals surface area contributed by atoms with E-state index in [1.165, 1.54) is 0 Å². The Bertz CT molecular complexity index is 510. The van der Waals surface area contributed by atoms with Gasteiger partial charge in [0.05, 0.1) is 18.4 Å².